The minimum Gasteiger partial charge on any atom is -0.462 e. The van der Waals surface area contributed by atoms with Crippen molar-refractivity contribution in [3.05, 3.63) is 122 Å². The van der Waals surface area contributed by atoms with E-state index in [2.05, 4.69) is 142 Å². The maximum Gasteiger partial charge on any atom is 0.306 e. The van der Waals surface area contributed by atoms with E-state index < -0.39 is 6.10 Å². The number of carbonyl (C=O) groups is 3. The highest BCUT2D eigenvalue weighted by atomic mass is 16.6. The van der Waals surface area contributed by atoms with Gasteiger partial charge in [-0.3, -0.25) is 14.4 Å². The minimum absolute atomic E-state index is 0.0986. The average Bonchev–Trinajstić information content (AvgIpc) is 3.44. The van der Waals surface area contributed by atoms with Crippen LogP contribution in [-0.2, 0) is 28.6 Å². The second-order valence-corrected chi connectivity index (χ2v) is 21.3. The lowest BCUT2D eigenvalue weighted by atomic mass is 10.1. The van der Waals surface area contributed by atoms with Crippen LogP contribution in [0.3, 0.4) is 0 Å². The molecule has 0 bridgehead atoms. The lowest BCUT2D eigenvalue weighted by Crippen LogP contribution is -2.30. The van der Waals surface area contributed by atoms with E-state index in [4.69, 9.17) is 14.2 Å². The van der Waals surface area contributed by atoms with Gasteiger partial charge in [0.1, 0.15) is 13.2 Å². The zero-order valence-corrected chi connectivity index (χ0v) is 50.9. The Morgan fingerprint density at radius 3 is 0.821 bits per heavy atom. The smallest absolute Gasteiger partial charge is 0.306 e. The second kappa shape index (κ2) is 65.3. The van der Waals surface area contributed by atoms with Crippen LogP contribution in [0.5, 0.6) is 0 Å². The Balaban J connectivity index is 4.47. The first kappa shape index (κ1) is 73.8. The van der Waals surface area contributed by atoms with Gasteiger partial charge in [-0.1, -0.05) is 264 Å². The lowest BCUT2D eigenvalue weighted by molar-refractivity contribution is -0.167. The zero-order chi connectivity index (χ0) is 56.4. The summed E-state index contributed by atoms with van der Waals surface area (Å²) in [7, 11) is 0. The number of esters is 3. The molecule has 0 spiro atoms. The monoisotopic (exact) mass is 1080 g/mol. The molecular formula is C72H120O6. The Kier molecular flexibility index (Phi) is 61.8. The number of unbranched alkanes of at least 4 members (excludes halogenated alkanes) is 27. The Bertz CT molecular complexity index is 1620. The summed E-state index contributed by atoms with van der Waals surface area (Å²) in [5, 5.41) is 0. The average molecular weight is 1080 g/mol. The molecule has 0 amide bonds. The first-order valence-electron chi connectivity index (χ1n) is 32.5. The van der Waals surface area contributed by atoms with Crippen LogP contribution in [0.4, 0.5) is 0 Å². The van der Waals surface area contributed by atoms with Gasteiger partial charge in [0, 0.05) is 19.3 Å². The van der Waals surface area contributed by atoms with Gasteiger partial charge >= 0.3 is 17.9 Å². The topological polar surface area (TPSA) is 78.9 Å². The van der Waals surface area contributed by atoms with E-state index in [1.54, 1.807) is 0 Å². The highest BCUT2D eigenvalue weighted by Crippen LogP contribution is 2.15. The van der Waals surface area contributed by atoms with E-state index in [1.165, 1.54) is 122 Å². The lowest BCUT2D eigenvalue weighted by Gasteiger charge is -2.18. The normalized spacial score (nSPS) is 12.9. The van der Waals surface area contributed by atoms with Crippen LogP contribution in [0.2, 0.25) is 0 Å². The number of ether oxygens (including phenoxy) is 3. The molecule has 0 aromatic heterocycles. The van der Waals surface area contributed by atoms with Crippen molar-refractivity contribution in [3.63, 3.8) is 0 Å². The third kappa shape index (κ3) is 62.7. The van der Waals surface area contributed by atoms with Crippen molar-refractivity contribution in [2.24, 2.45) is 0 Å². The van der Waals surface area contributed by atoms with Crippen LogP contribution in [0, 0.1) is 0 Å². The molecule has 0 aliphatic carbocycles. The predicted octanol–water partition coefficient (Wildman–Crippen LogP) is 22.4. The first-order chi connectivity index (χ1) is 38.5. The fourth-order valence-corrected chi connectivity index (χ4v) is 8.80. The third-order valence-corrected chi connectivity index (χ3v) is 13.7. The van der Waals surface area contributed by atoms with Gasteiger partial charge in [-0.2, -0.15) is 0 Å². The summed E-state index contributed by atoms with van der Waals surface area (Å²) < 4.78 is 16.9. The highest BCUT2D eigenvalue weighted by Gasteiger charge is 2.19. The summed E-state index contributed by atoms with van der Waals surface area (Å²) in [6.07, 6.45) is 90.5. The summed E-state index contributed by atoms with van der Waals surface area (Å²) in [6, 6.07) is 0. The van der Waals surface area contributed by atoms with Crippen LogP contribution < -0.4 is 0 Å². The summed E-state index contributed by atoms with van der Waals surface area (Å²) in [5.74, 6) is -0.941. The molecule has 6 heteroatoms. The summed E-state index contributed by atoms with van der Waals surface area (Å²) in [6.45, 7) is 6.48. The predicted molar refractivity (Wildman–Crippen MR) is 339 cm³/mol. The molecule has 1 unspecified atom stereocenters. The van der Waals surface area contributed by atoms with Crippen LogP contribution in [0.1, 0.15) is 297 Å². The molecule has 0 saturated carbocycles. The van der Waals surface area contributed by atoms with Crippen molar-refractivity contribution in [2.45, 2.75) is 303 Å². The fourth-order valence-electron chi connectivity index (χ4n) is 8.80. The Morgan fingerprint density at radius 2 is 0.500 bits per heavy atom. The molecule has 0 aromatic carbocycles. The fraction of sp³-hybridized carbons (Fsp3) is 0.681. The van der Waals surface area contributed by atoms with Crippen molar-refractivity contribution < 1.29 is 28.6 Å². The highest BCUT2D eigenvalue weighted by molar-refractivity contribution is 5.71. The molecule has 6 nitrogen and oxygen atoms in total. The molecule has 0 rings (SSSR count). The van der Waals surface area contributed by atoms with Crippen molar-refractivity contribution in [3.8, 4) is 0 Å². The Labute approximate surface area is 482 Å². The summed E-state index contributed by atoms with van der Waals surface area (Å²) in [4.78, 5) is 38.4. The number of carbonyl (C=O) groups excluding carboxylic acids is 3. The molecule has 0 fully saturated rings. The van der Waals surface area contributed by atoms with Gasteiger partial charge in [-0.25, -0.2) is 0 Å². The standard InChI is InChI=1S/C72H120O6/c1-4-7-10-13-16-19-22-25-28-31-33-34-35-36-37-38-40-41-44-47-50-53-56-59-62-65-71(74)77-68-69(67-76-70(73)64-61-58-55-52-49-46-43-30-27-24-21-18-15-12-9-6-3)78-72(75)66-63-60-57-54-51-48-45-42-39-32-29-26-23-20-17-14-11-8-5-2/h7,10,16,19,21,24-26,28-30,33-34,36-37,40-41,43,47,50,69H,4-6,8-9,11-15,17-18,20,22-23,27,31-32,35,38-39,42,44-46,48-49,51-68H2,1-3H3/b10-7-,19-16-,24-21-,28-25-,29-26-,34-33-,37-36-,41-40-,43-30-,50-47-. The third-order valence-electron chi connectivity index (χ3n) is 13.7. The van der Waals surface area contributed by atoms with Gasteiger partial charge in [0.05, 0.1) is 0 Å². The van der Waals surface area contributed by atoms with Crippen LogP contribution in [0.25, 0.3) is 0 Å². The summed E-state index contributed by atoms with van der Waals surface area (Å²) >= 11 is 0. The van der Waals surface area contributed by atoms with Crippen LogP contribution in [0.15, 0.2) is 122 Å². The molecule has 78 heavy (non-hydrogen) atoms. The van der Waals surface area contributed by atoms with Gasteiger partial charge in [0.2, 0.25) is 0 Å². The van der Waals surface area contributed by atoms with E-state index in [0.717, 1.165) is 135 Å². The van der Waals surface area contributed by atoms with Crippen molar-refractivity contribution in [1.29, 1.82) is 0 Å². The van der Waals surface area contributed by atoms with Crippen molar-refractivity contribution in [2.75, 3.05) is 13.2 Å². The van der Waals surface area contributed by atoms with Gasteiger partial charge in [-0.15, -0.1) is 0 Å². The SMILES string of the molecule is CC/C=C\C/C=C\C/C=C\C/C=C\C/C=C\C/C=C\C/C=C\CCCCCC(=O)OCC(COC(=O)CCCCCCC/C=C\C/C=C\CCCCCC)OC(=O)CCCCCCCCCCC/C=C\CCCCCCCC. The zero-order valence-electron chi connectivity index (χ0n) is 50.9. The quantitative estimate of drug-likeness (QED) is 0.0261. The Hall–Kier alpha value is -4.19. The maximum absolute atomic E-state index is 12.9. The number of hydrogen-bond acceptors (Lipinski definition) is 6. The van der Waals surface area contributed by atoms with E-state index in [1.807, 2.05) is 0 Å². The van der Waals surface area contributed by atoms with Crippen molar-refractivity contribution >= 4 is 17.9 Å². The molecule has 1 atom stereocenters. The molecule has 0 aliphatic heterocycles. The first-order valence-corrected chi connectivity index (χ1v) is 32.5. The van der Waals surface area contributed by atoms with Crippen LogP contribution >= 0.6 is 0 Å². The molecular weight excluding hydrogens is 961 g/mol. The molecule has 0 heterocycles. The largest absolute Gasteiger partial charge is 0.462 e. The van der Waals surface area contributed by atoms with E-state index in [0.29, 0.717) is 19.3 Å². The van der Waals surface area contributed by atoms with E-state index in [9.17, 15) is 14.4 Å². The molecule has 0 aliphatic rings. The number of rotatable bonds is 58. The van der Waals surface area contributed by atoms with Crippen molar-refractivity contribution in [1.82, 2.24) is 0 Å². The number of allylic oxidation sites excluding steroid dienone is 20. The van der Waals surface area contributed by atoms with E-state index >= 15 is 0 Å². The Morgan fingerprint density at radius 1 is 0.269 bits per heavy atom. The molecule has 0 saturated heterocycles. The van der Waals surface area contributed by atoms with Gasteiger partial charge in [0.15, 0.2) is 6.10 Å². The number of hydrogen-bond donors (Lipinski definition) is 0. The molecule has 444 valence electrons. The minimum atomic E-state index is -0.804. The van der Waals surface area contributed by atoms with Gasteiger partial charge < -0.3 is 14.2 Å². The molecule has 0 aromatic rings. The second-order valence-electron chi connectivity index (χ2n) is 21.3. The van der Waals surface area contributed by atoms with E-state index in [-0.39, 0.29) is 31.1 Å². The van der Waals surface area contributed by atoms with Gasteiger partial charge in [0.25, 0.3) is 0 Å². The molecule has 0 radical (unpaired) electrons. The van der Waals surface area contributed by atoms with Crippen LogP contribution in [-0.4, -0.2) is 37.2 Å². The molecule has 0 N–H and O–H groups in total. The maximum atomic E-state index is 12.9. The van der Waals surface area contributed by atoms with Gasteiger partial charge in [-0.05, 0) is 135 Å². The summed E-state index contributed by atoms with van der Waals surface area (Å²) in [5.41, 5.74) is 0.